The maximum absolute atomic E-state index is 5.30. The molecule has 4 nitrogen and oxygen atoms in total. The number of benzene rings is 1. The third kappa shape index (κ3) is 2.67. The van der Waals surface area contributed by atoms with Crippen LogP contribution in [0, 0.1) is 6.92 Å². The minimum atomic E-state index is 0.907. The number of ether oxygens (including phenoxy) is 1. The first-order valence-corrected chi connectivity index (χ1v) is 7.36. The van der Waals surface area contributed by atoms with E-state index in [4.69, 9.17) is 4.74 Å². The highest BCUT2D eigenvalue weighted by atomic mass is 16.5. The quantitative estimate of drug-likeness (QED) is 0.901. The average molecular weight is 273 g/mol. The molecule has 2 aromatic rings. The highest BCUT2D eigenvalue weighted by Crippen LogP contribution is 2.27. The van der Waals surface area contributed by atoms with Crippen LogP contribution in [0.15, 0.2) is 18.2 Å². The van der Waals surface area contributed by atoms with Gasteiger partial charge in [0.05, 0.1) is 7.11 Å². The van der Waals surface area contributed by atoms with Gasteiger partial charge in [0.15, 0.2) is 0 Å². The number of aromatic nitrogens is 1. The largest absolute Gasteiger partial charge is 0.497 e. The van der Waals surface area contributed by atoms with Crippen molar-refractivity contribution in [3.05, 3.63) is 29.5 Å². The van der Waals surface area contributed by atoms with E-state index in [0.29, 0.717) is 0 Å². The number of fused-ring (bicyclic) bond motifs is 1. The molecule has 0 radical (unpaired) electrons. The molecule has 4 heteroatoms. The molecule has 1 saturated heterocycles. The standard InChI is InChI=1S/C16H23N3O/c1-12-15(11-19-8-3-6-17-7-9-19)14-5-4-13(20-2)10-16(14)18-12/h4-5,10,17-18H,3,6-9,11H2,1-2H3. The molecule has 3 rings (SSSR count). The summed E-state index contributed by atoms with van der Waals surface area (Å²) in [5, 5.41) is 4.78. The topological polar surface area (TPSA) is 40.3 Å². The van der Waals surface area contributed by atoms with Gasteiger partial charge < -0.3 is 15.0 Å². The van der Waals surface area contributed by atoms with Gasteiger partial charge in [0.2, 0.25) is 0 Å². The zero-order valence-corrected chi connectivity index (χ0v) is 12.3. The highest BCUT2D eigenvalue weighted by molar-refractivity contribution is 5.85. The predicted molar refractivity (Wildman–Crippen MR) is 82.4 cm³/mol. The second kappa shape index (κ2) is 5.85. The van der Waals surface area contributed by atoms with Crippen molar-refractivity contribution in [3.63, 3.8) is 0 Å². The number of aromatic amines is 1. The van der Waals surface area contributed by atoms with E-state index in [9.17, 15) is 0 Å². The molecular formula is C16H23N3O. The SMILES string of the molecule is COc1ccc2c(CN3CCCNCC3)c(C)[nH]c2c1. The maximum Gasteiger partial charge on any atom is 0.120 e. The Bertz CT molecular complexity index is 583. The number of methoxy groups -OCH3 is 1. The highest BCUT2D eigenvalue weighted by Gasteiger charge is 2.14. The Kier molecular flexibility index (Phi) is 3.94. The Balaban J connectivity index is 1.88. The van der Waals surface area contributed by atoms with Crippen molar-refractivity contribution < 1.29 is 4.74 Å². The van der Waals surface area contributed by atoms with Crippen molar-refractivity contribution in [2.75, 3.05) is 33.3 Å². The van der Waals surface area contributed by atoms with E-state index in [1.54, 1.807) is 7.11 Å². The molecule has 0 atom stereocenters. The average Bonchev–Trinajstić information content (AvgIpc) is 2.65. The lowest BCUT2D eigenvalue weighted by atomic mass is 10.1. The van der Waals surface area contributed by atoms with Gasteiger partial charge in [-0.25, -0.2) is 0 Å². The summed E-state index contributed by atoms with van der Waals surface area (Å²) in [5.41, 5.74) is 3.86. The van der Waals surface area contributed by atoms with Crippen molar-refractivity contribution in [3.8, 4) is 5.75 Å². The first-order valence-electron chi connectivity index (χ1n) is 7.36. The number of rotatable bonds is 3. The Morgan fingerprint density at radius 2 is 2.15 bits per heavy atom. The second-order valence-corrected chi connectivity index (χ2v) is 5.52. The van der Waals surface area contributed by atoms with E-state index >= 15 is 0 Å². The summed E-state index contributed by atoms with van der Waals surface area (Å²) in [6.07, 6.45) is 1.23. The van der Waals surface area contributed by atoms with Gasteiger partial charge >= 0.3 is 0 Å². The lowest BCUT2D eigenvalue weighted by Gasteiger charge is -2.19. The number of nitrogens with one attached hydrogen (secondary N) is 2. The van der Waals surface area contributed by atoms with E-state index in [1.807, 2.05) is 6.07 Å². The fourth-order valence-electron chi connectivity index (χ4n) is 2.98. The fraction of sp³-hybridized carbons (Fsp3) is 0.500. The summed E-state index contributed by atoms with van der Waals surface area (Å²) < 4.78 is 5.30. The van der Waals surface area contributed by atoms with Crippen LogP contribution in [0.4, 0.5) is 0 Å². The molecule has 2 N–H and O–H groups in total. The summed E-state index contributed by atoms with van der Waals surface area (Å²) in [6, 6.07) is 6.29. The minimum Gasteiger partial charge on any atom is -0.497 e. The Labute approximate surface area is 120 Å². The molecule has 0 unspecified atom stereocenters. The monoisotopic (exact) mass is 273 g/mol. The summed E-state index contributed by atoms with van der Waals surface area (Å²) >= 11 is 0. The van der Waals surface area contributed by atoms with Gasteiger partial charge in [-0.15, -0.1) is 0 Å². The molecule has 0 bridgehead atoms. The van der Waals surface area contributed by atoms with Gasteiger partial charge in [0.1, 0.15) is 5.75 Å². The van der Waals surface area contributed by atoms with Gasteiger partial charge in [0, 0.05) is 42.3 Å². The molecule has 108 valence electrons. The summed E-state index contributed by atoms with van der Waals surface area (Å²) in [7, 11) is 1.71. The predicted octanol–water partition coefficient (Wildman–Crippen LogP) is 2.28. The van der Waals surface area contributed by atoms with Crippen LogP contribution in [0.2, 0.25) is 0 Å². The second-order valence-electron chi connectivity index (χ2n) is 5.52. The fourth-order valence-corrected chi connectivity index (χ4v) is 2.98. The molecule has 1 aromatic carbocycles. The summed E-state index contributed by atoms with van der Waals surface area (Å²) in [6.45, 7) is 7.73. The molecule has 0 saturated carbocycles. The van der Waals surface area contributed by atoms with Crippen LogP contribution in [-0.2, 0) is 6.54 Å². The smallest absolute Gasteiger partial charge is 0.120 e. The van der Waals surface area contributed by atoms with E-state index < -0.39 is 0 Å². The zero-order valence-electron chi connectivity index (χ0n) is 12.3. The Hall–Kier alpha value is -1.52. The number of nitrogens with zero attached hydrogens (tertiary/aromatic N) is 1. The van der Waals surface area contributed by atoms with Crippen LogP contribution in [0.1, 0.15) is 17.7 Å². The summed E-state index contributed by atoms with van der Waals surface area (Å²) in [4.78, 5) is 6.03. The third-order valence-corrected chi connectivity index (χ3v) is 4.14. The van der Waals surface area contributed by atoms with Gasteiger partial charge in [-0.1, -0.05) is 0 Å². The van der Waals surface area contributed by atoms with E-state index in [-0.39, 0.29) is 0 Å². The molecule has 2 heterocycles. The first kappa shape index (κ1) is 13.5. The molecule has 0 amide bonds. The lowest BCUT2D eigenvalue weighted by Crippen LogP contribution is -2.27. The van der Waals surface area contributed by atoms with Gasteiger partial charge in [-0.2, -0.15) is 0 Å². The molecule has 1 aromatic heterocycles. The number of aryl methyl sites for hydroxylation is 1. The van der Waals surface area contributed by atoms with Crippen LogP contribution in [-0.4, -0.2) is 43.2 Å². The van der Waals surface area contributed by atoms with E-state index in [2.05, 4.69) is 34.3 Å². The van der Waals surface area contributed by atoms with Crippen LogP contribution in [0.3, 0.4) is 0 Å². The minimum absolute atomic E-state index is 0.907. The van der Waals surface area contributed by atoms with E-state index in [1.165, 1.54) is 35.1 Å². The van der Waals surface area contributed by atoms with Gasteiger partial charge in [0.25, 0.3) is 0 Å². The van der Waals surface area contributed by atoms with Crippen molar-refractivity contribution in [2.24, 2.45) is 0 Å². The number of H-pyrrole nitrogens is 1. The van der Waals surface area contributed by atoms with Crippen LogP contribution < -0.4 is 10.1 Å². The van der Waals surface area contributed by atoms with Crippen molar-refractivity contribution >= 4 is 10.9 Å². The zero-order chi connectivity index (χ0) is 13.9. The molecular weight excluding hydrogens is 250 g/mol. The summed E-state index contributed by atoms with van der Waals surface area (Å²) in [5.74, 6) is 0.907. The van der Waals surface area contributed by atoms with Crippen LogP contribution in [0.25, 0.3) is 10.9 Å². The van der Waals surface area contributed by atoms with Crippen LogP contribution in [0.5, 0.6) is 5.75 Å². The molecule has 20 heavy (non-hydrogen) atoms. The maximum atomic E-state index is 5.30. The lowest BCUT2D eigenvalue weighted by molar-refractivity contribution is 0.285. The Morgan fingerprint density at radius 1 is 1.25 bits per heavy atom. The molecule has 1 fully saturated rings. The van der Waals surface area contributed by atoms with Gasteiger partial charge in [-0.3, -0.25) is 4.90 Å². The number of hydrogen-bond donors (Lipinski definition) is 2. The molecule has 1 aliphatic rings. The molecule has 0 aliphatic carbocycles. The van der Waals surface area contributed by atoms with Gasteiger partial charge in [-0.05, 0) is 44.1 Å². The normalized spacial score (nSPS) is 17.3. The Morgan fingerprint density at radius 3 is 3.00 bits per heavy atom. The van der Waals surface area contributed by atoms with Crippen molar-refractivity contribution in [1.29, 1.82) is 0 Å². The van der Waals surface area contributed by atoms with Crippen molar-refractivity contribution in [2.45, 2.75) is 19.9 Å². The van der Waals surface area contributed by atoms with Crippen LogP contribution >= 0.6 is 0 Å². The van der Waals surface area contributed by atoms with Crippen molar-refractivity contribution in [1.82, 2.24) is 15.2 Å². The molecule has 0 spiro atoms. The van der Waals surface area contributed by atoms with E-state index in [0.717, 1.165) is 31.9 Å². The number of hydrogen-bond acceptors (Lipinski definition) is 3. The molecule has 1 aliphatic heterocycles. The third-order valence-electron chi connectivity index (χ3n) is 4.14. The first-order chi connectivity index (χ1) is 9.78.